The van der Waals surface area contributed by atoms with E-state index in [1.807, 2.05) is 0 Å². The van der Waals surface area contributed by atoms with E-state index in [1.165, 1.54) is 0 Å². The van der Waals surface area contributed by atoms with E-state index >= 15 is 0 Å². The van der Waals surface area contributed by atoms with E-state index in [1.54, 1.807) is 0 Å². The molecule has 0 aliphatic rings. The van der Waals surface area contributed by atoms with Crippen molar-refractivity contribution in [3.63, 3.8) is 0 Å². The van der Waals surface area contributed by atoms with Crippen molar-refractivity contribution in [3.05, 3.63) is 12.7 Å². The SMILES string of the molecule is C=CC(=O)OCCOC(N)=O. The molecule has 0 saturated heterocycles. The molecule has 11 heavy (non-hydrogen) atoms. The number of carbonyl (C=O) groups excluding carboxylic acids is 2. The molecule has 0 bridgehead atoms. The highest BCUT2D eigenvalue weighted by Gasteiger charge is 1.96. The molecule has 0 heterocycles. The van der Waals surface area contributed by atoms with Crippen molar-refractivity contribution in [1.29, 1.82) is 0 Å². The van der Waals surface area contributed by atoms with Crippen molar-refractivity contribution >= 4 is 12.1 Å². The van der Waals surface area contributed by atoms with Crippen LogP contribution in [0.1, 0.15) is 0 Å². The van der Waals surface area contributed by atoms with Gasteiger partial charge in [0.25, 0.3) is 0 Å². The minimum atomic E-state index is -0.889. The fourth-order valence-corrected chi connectivity index (χ4v) is 0.343. The van der Waals surface area contributed by atoms with Gasteiger partial charge in [0.2, 0.25) is 0 Å². The first-order chi connectivity index (χ1) is 5.16. The highest BCUT2D eigenvalue weighted by atomic mass is 16.6. The zero-order chi connectivity index (χ0) is 8.69. The molecule has 0 spiro atoms. The van der Waals surface area contributed by atoms with Crippen molar-refractivity contribution in [2.45, 2.75) is 0 Å². The maximum atomic E-state index is 10.3. The smallest absolute Gasteiger partial charge is 0.404 e. The number of carbonyl (C=O) groups is 2. The molecule has 0 aromatic carbocycles. The Bertz CT molecular complexity index is 166. The maximum Gasteiger partial charge on any atom is 0.404 e. The average Bonchev–Trinajstić information content (AvgIpc) is 1.97. The van der Waals surface area contributed by atoms with Gasteiger partial charge in [0.05, 0.1) is 0 Å². The Balaban J connectivity index is 3.21. The van der Waals surface area contributed by atoms with E-state index in [0.717, 1.165) is 6.08 Å². The predicted molar refractivity (Wildman–Crippen MR) is 36.7 cm³/mol. The lowest BCUT2D eigenvalue weighted by atomic mass is 10.6. The zero-order valence-corrected chi connectivity index (χ0v) is 5.91. The Morgan fingerprint density at radius 3 is 2.36 bits per heavy atom. The van der Waals surface area contributed by atoms with Crippen molar-refractivity contribution in [3.8, 4) is 0 Å². The number of nitrogens with two attached hydrogens (primary N) is 1. The molecule has 0 rings (SSSR count). The van der Waals surface area contributed by atoms with Gasteiger partial charge in [-0.1, -0.05) is 6.58 Å². The number of hydrogen-bond donors (Lipinski definition) is 1. The van der Waals surface area contributed by atoms with Gasteiger partial charge in [-0.05, 0) is 0 Å². The molecule has 0 aromatic heterocycles. The van der Waals surface area contributed by atoms with Crippen LogP contribution in [0.4, 0.5) is 4.79 Å². The Hall–Kier alpha value is -1.52. The molecule has 1 amide bonds. The van der Waals surface area contributed by atoms with Crippen LogP contribution in [0.5, 0.6) is 0 Å². The van der Waals surface area contributed by atoms with Crippen LogP contribution in [0, 0.1) is 0 Å². The Labute approximate surface area is 63.8 Å². The molecule has 62 valence electrons. The van der Waals surface area contributed by atoms with Crippen molar-refractivity contribution in [2.75, 3.05) is 13.2 Å². The normalized spacial score (nSPS) is 8.36. The summed E-state index contributed by atoms with van der Waals surface area (Å²) in [7, 11) is 0. The lowest BCUT2D eigenvalue weighted by molar-refractivity contribution is -0.138. The molecule has 0 radical (unpaired) electrons. The second-order valence-electron chi connectivity index (χ2n) is 1.54. The molecule has 2 N–H and O–H groups in total. The van der Waals surface area contributed by atoms with Gasteiger partial charge in [0.1, 0.15) is 13.2 Å². The summed E-state index contributed by atoms with van der Waals surface area (Å²) in [5.74, 6) is -0.557. The molecule has 0 fully saturated rings. The molecule has 5 nitrogen and oxygen atoms in total. The first-order valence-corrected chi connectivity index (χ1v) is 2.88. The molecule has 0 aliphatic carbocycles. The molecular weight excluding hydrogens is 150 g/mol. The summed E-state index contributed by atoms with van der Waals surface area (Å²) in [6, 6.07) is 0. The molecule has 0 saturated carbocycles. The van der Waals surface area contributed by atoms with E-state index in [0.29, 0.717) is 0 Å². The van der Waals surface area contributed by atoms with Crippen molar-refractivity contribution in [1.82, 2.24) is 0 Å². The lowest BCUT2D eigenvalue weighted by Gasteiger charge is -2.00. The summed E-state index contributed by atoms with van der Waals surface area (Å²) in [5, 5.41) is 0. The van der Waals surface area contributed by atoms with Gasteiger partial charge >= 0.3 is 12.1 Å². The van der Waals surface area contributed by atoms with Crippen LogP contribution in [0.15, 0.2) is 12.7 Å². The van der Waals surface area contributed by atoms with Crippen LogP contribution < -0.4 is 5.73 Å². The average molecular weight is 159 g/mol. The minimum absolute atomic E-state index is 0.00616. The fraction of sp³-hybridized carbons (Fsp3) is 0.333. The van der Waals surface area contributed by atoms with Gasteiger partial charge in [-0.3, -0.25) is 0 Å². The Morgan fingerprint density at radius 2 is 1.91 bits per heavy atom. The second kappa shape index (κ2) is 5.28. The topological polar surface area (TPSA) is 78.6 Å². The zero-order valence-electron chi connectivity index (χ0n) is 5.91. The molecule has 0 aromatic rings. The van der Waals surface area contributed by atoms with Crippen LogP contribution >= 0.6 is 0 Å². The Morgan fingerprint density at radius 1 is 1.36 bits per heavy atom. The van der Waals surface area contributed by atoms with Gasteiger partial charge in [-0.2, -0.15) is 0 Å². The molecule has 0 unspecified atom stereocenters. The van der Waals surface area contributed by atoms with Gasteiger partial charge in [-0.15, -0.1) is 0 Å². The largest absolute Gasteiger partial charge is 0.459 e. The van der Waals surface area contributed by atoms with Gasteiger partial charge < -0.3 is 15.2 Å². The van der Waals surface area contributed by atoms with Gasteiger partial charge in [0, 0.05) is 6.08 Å². The van der Waals surface area contributed by atoms with Crippen molar-refractivity contribution < 1.29 is 19.1 Å². The number of hydrogen-bond acceptors (Lipinski definition) is 4. The monoisotopic (exact) mass is 159 g/mol. The first kappa shape index (κ1) is 9.48. The number of rotatable bonds is 4. The molecule has 0 aliphatic heterocycles. The summed E-state index contributed by atoms with van der Waals surface area (Å²) >= 11 is 0. The van der Waals surface area contributed by atoms with Gasteiger partial charge in [-0.25, -0.2) is 9.59 Å². The van der Waals surface area contributed by atoms with E-state index in [2.05, 4.69) is 21.8 Å². The summed E-state index contributed by atoms with van der Waals surface area (Å²) in [6.45, 7) is 3.13. The minimum Gasteiger partial charge on any atom is -0.459 e. The van der Waals surface area contributed by atoms with Crippen LogP contribution in [0.3, 0.4) is 0 Å². The fourth-order valence-electron chi connectivity index (χ4n) is 0.343. The van der Waals surface area contributed by atoms with E-state index in [-0.39, 0.29) is 13.2 Å². The second-order valence-corrected chi connectivity index (χ2v) is 1.54. The summed E-state index contributed by atoms with van der Waals surface area (Å²) in [6.07, 6.45) is 0.129. The van der Waals surface area contributed by atoms with E-state index in [4.69, 9.17) is 0 Å². The third kappa shape index (κ3) is 6.36. The molecule has 5 heteroatoms. The summed E-state index contributed by atoms with van der Waals surface area (Å²) in [4.78, 5) is 20.3. The number of ether oxygens (including phenoxy) is 2. The standard InChI is InChI=1S/C6H9NO4/c1-2-5(8)10-3-4-11-6(7)9/h2H,1,3-4H2,(H2,7,9). The summed E-state index contributed by atoms with van der Waals surface area (Å²) < 4.78 is 8.72. The quantitative estimate of drug-likeness (QED) is 0.350. The summed E-state index contributed by atoms with van der Waals surface area (Å²) in [5.41, 5.74) is 4.62. The highest BCUT2D eigenvalue weighted by molar-refractivity contribution is 5.81. The van der Waals surface area contributed by atoms with Crippen LogP contribution in [-0.4, -0.2) is 25.3 Å². The van der Waals surface area contributed by atoms with Crippen molar-refractivity contribution in [2.24, 2.45) is 5.73 Å². The number of primary amides is 1. The predicted octanol–water partition coefficient (Wildman–Crippen LogP) is -0.189. The Kier molecular flexibility index (Phi) is 4.55. The lowest BCUT2D eigenvalue weighted by Crippen LogP contribution is -2.17. The third-order valence-corrected chi connectivity index (χ3v) is 0.739. The third-order valence-electron chi connectivity index (χ3n) is 0.739. The highest BCUT2D eigenvalue weighted by Crippen LogP contribution is 1.80. The molecular formula is C6H9NO4. The maximum absolute atomic E-state index is 10.3. The van der Waals surface area contributed by atoms with E-state index < -0.39 is 12.1 Å². The van der Waals surface area contributed by atoms with Crippen LogP contribution in [-0.2, 0) is 14.3 Å². The number of amides is 1. The van der Waals surface area contributed by atoms with Crippen LogP contribution in [0.2, 0.25) is 0 Å². The first-order valence-electron chi connectivity index (χ1n) is 2.88. The van der Waals surface area contributed by atoms with Gasteiger partial charge in [0.15, 0.2) is 0 Å². The molecule has 0 atom stereocenters. The van der Waals surface area contributed by atoms with Crippen LogP contribution in [0.25, 0.3) is 0 Å². The number of esters is 1. The van der Waals surface area contributed by atoms with E-state index in [9.17, 15) is 9.59 Å².